The molecule has 1 aromatic rings. The van der Waals surface area contributed by atoms with Crippen molar-refractivity contribution in [2.45, 2.75) is 43.4 Å². The first-order valence-electron chi connectivity index (χ1n) is 7.71. The fourth-order valence-corrected chi connectivity index (χ4v) is 4.12. The number of nitrogens with zero attached hydrogens (tertiary/aromatic N) is 3. The average molecular weight is 330 g/mol. The second-order valence-electron chi connectivity index (χ2n) is 5.79. The maximum atomic E-state index is 12.4. The van der Waals surface area contributed by atoms with Gasteiger partial charge in [-0.2, -0.15) is 5.26 Å². The van der Waals surface area contributed by atoms with E-state index in [1.165, 1.54) is 22.2 Å². The Labute approximate surface area is 139 Å². The van der Waals surface area contributed by atoms with Crippen molar-refractivity contribution in [3.8, 4) is 6.07 Å². The van der Waals surface area contributed by atoms with Gasteiger partial charge in [0.1, 0.15) is 11.1 Å². The molecule has 3 amide bonds. The number of nitriles is 1. The summed E-state index contributed by atoms with van der Waals surface area (Å²) in [6.45, 7) is 4.59. The van der Waals surface area contributed by atoms with Crippen LogP contribution >= 0.6 is 11.8 Å². The third-order valence-corrected chi connectivity index (χ3v) is 5.41. The fourth-order valence-electron chi connectivity index (χ4n) is 3.08. The molecule has 1 N–H and O–H groups in total. The Hall–Kier alpha value is -2.07. The number of hydrogen-bond acceptors (Lipinski definition) is 5. The largest absolute Gasteiger partial charge is 0.336 e. The molecule has 1 saturated heterocycles. The molecule has 3 rings (SSSR count). The van der Waals surface area contributed by atoms with Crippen molar-refractivity contribution in [2.75, 3.05) is 13.1 Å². The molecule has 1 aliphatic carbocycles. The second-order valence-corrected chi connectivity index (χ2v) is 7.12. The average Bonchev–Trinajstić information content (AvgIpc) is 3.15. The van der Waals surface area contributed by atoms with Crippen LogP contribution in [0, 0.1) is 18.3 Å². The topological polar surface area (TPSA) is 86.1 Å². The Balaban J connectivity index is 1.85. The highest BCUT2D eigenvalue weighted by Crippen LogP contribution is 2.33. The van der Waals surface area contributed by atoms with Gasteiger partial charge < -0.3 is 5.32 Å². The van der Waals surface area contributed by atoms with Gasteiger partial charge in [0.15, 0.2) is 0 Å². The first-order valence-corrected chi connectivity index (χ1v) is 8.59. The molecule has 120 valence electrons. The molecule has 0 spiro atoms. The summed E-state index contributed by atoms with van der Waals surface area (Å²) in [6.07, 6.45) is 2.95. The van der Waals surface area contributed by atoms with Crippen molar-refractivity contribution in [3.05, 3.63) is 22.4 Å². The molecule has 6 nitrogen and oxygen atoms in total. The molecule has 0 saturated carbocycles. The number of aromatic nitrogens is 1. The van der Waals surface area contributed by atoms with Gasteiger partial charge in [0.2, 0.25) is 5.91 Å². The number of thioether (sulfide) groups is 1. The van der Waals surface area contributed by atoms with Crippen molar-refractivity contribution >= 4 is 23.7 Å². The number of aryl methyl sites for hydroxylation is 1. The van der Waals surface area contributed by atoms with Crippen LogP contribution in [0.2, 0.25) is 0 Å². The summed E-state index contributed by atoms with van der Waals surface area (Å²) < 4.78 is 0. The molecule has 1 aromatic heterocycles. The van der Waals surface area contributed by atoms with Crippen LogP contribution in [0.4, 0.5) is 4.79 Å². The molecule has 2 heterocycles. The smallest absolute Gasteiger partial charge is 0.324 e. The van der Waals surface area contributed by atoms with Crippen molar-refractivity contribution in [2.24, 2.45) is 0 Å². The van der Waals surface area contributed by atoms with Crippen LogP contribution in [-0.4, -0.2) is 40.2 Å². The van der Waals surface area contributed by atoms with Gasteiger partial charge in [-0.25, -0.2) is 9.78 Å². The van der Waals surface area contributed by atoms with E-state index in [1.807, 2.05) is 6.92 Å². The predicted molar refractivity (Wildman–Crippen MR) is 86.1 cm³/mol. The fraction of sp³-hybridized carbons (Fsp3) is 0.500. The van der Waals surface area contributed by atoms with Crippen molar-refractivity contribution in [3.63, 3.8) is 0 Å². The number of imide groups is 1. The monoisotopic (exact) mass is 330 g/mol. The SMILES string of the molecule is Cc1c(C#N)c(S[C@H](C)C(=O)N2CCNC2=O)nc2c1CCC2. The summed E-state index contributed by atoms with van der Waals surface area (Å²) in [4.78, 5) is 29.9. The molecule has 0 aromatic carbocycles. The number of nitrogens with one attached hydrogen (secondary N) is 1. The molecular formula is C16H18N4O2S. The first-order chi connectivity index (χ1) is 11.0. The molecule has 0 bridgehead atoms. The molecule has 1 atom stereocenters. The second kappa shape index (κ2) is 6.20. The lowest BCUT2D eigenvalue weighted by Crippen LogP contribution is -2.39. The van der Waals surface area contributed by atoms with Gasteiger partial charge in [-0.05, 0) is 44.2 Å². The van der Waals surface area contributed by atoms with Gasteiger partial charge in [0.05, 0.1) is 10.8 Å². The Bertz CT molecular complexity index is 726. The standard InChI is InChI=1S/C16H18N4O2S/c1-9-11-4-3-5-13(11)19-14(12(9)8-17)23-10(2)15(21)20-7-6-18-16(20)22/h10H,3-7H2,1-2H3,(H,18,22)/t10-/m1/s1. The number of rotatable bonds is 3. The van der Waals surface area contributed by atoms with Gasteiger partial charge in [0, 0.05) is 18.8 Å². The van der Waals surface area contributed by atoms with E-state index in [-0.39, 0.29) is 11.9 Å². The van der Waals surface area contributed by atoms with Gasteiger partial charge in [-0.15, -0.1) is 0 Å². The van der Waals surface area contributed by atoms with Crippen molar-refractivity contribution in [1.82, 2.24) is 15.2 Å². The van der Waals surface area contributed by atoms with E-state index in [0.717, 1.165) is 30.5 Å². The molecule has 23 heavy (non-hydrogen) atoms. The Morgan fingerprint density at radius 3 is 2.91 bits per heavy atom. The Morgan fingerprint density at radius 1 is 1.48 bits per heavy atom. The Morgan fingerprint density at radius 2 is 2.26 bits per heavy atom. The maximum absolute atomic E-state index is 12.4. The number of amides is 3. The van der Waals surface area contributed by atoms with E-state index in [9.17, 15) is 14.9 Å². The highest BCUT2D eigenvalue weighted by atomic mass is 32.2. The zero-order valence-electron chi connectivity index (χ0n) is 13.2. The van der Waals surface area contributed by atoms with E-state index in [2.05, 4.69) is 16.4 Å². The summed E-state index contributed by atoms with van der Waals surface area (Å²) in [5.41, 5.74) is 3.77. The summed E-state index contributed by atoms with van der Waals surface area (Å²) >= 11 is 1.27. The number of pyridine rings is 1. The van der Waals surface area contributed by atoms with Gasteiger partial charge in [-0.3, -0.25) is 9.69 Å². The highest BCUT2D eigenvalue weighted by molar-refractivity contribution is 8.00. The Kier molecular flexibility index (Phi) is 4.26. The van der Waals surface area contributed by atoms with Crippen LogP contribution in [0.25, 0.3) is 0 Å². The molecule has 7 heteroatoms. The predicted octanol–water partition coefficient (Wildman–Crippen LogP) is 1.78. The third-order valence-electron chi connectivity index (χ3n) is 4.34. The van der Waals surface area contributed by atoms with E-state index < -0.39 is 5.25 Å². The first kappa shape index (κ1) is 15.8. The van der Waals surface area contributed by atoms with Crippen LogP contribution in [0.15, 0.2) is 5.03 Å². The van der Waals surface area contributed by atoms with Crippen LogP contribution in [0.1, 0.15) is 35.7 Å². The maximum Gasteiger partial charge on any atom is 0.324 e. The number of carbonyl (C=O) groups excluding carboxylic acids is 2. The lowest BCUT2D eigenvalue weighted by Gasteiger charge is -2.18. The van der Waals surface area contributed by atoms with Crippen molar-refractivity contribution in [1.29, 1.82) is 5.26 Å². The zero-order valence-corrected chi connectivity index (χ0v) is 14.0. The number of hydrogen-bond donors (Lipinski definition) is 1. The zero-order chi connectivity index (χ0) is 16.6. The van der Waals surface area contributed by atoms with E-state index in [0.29, 0.717) is 23.7 Å². The van der Waals surface area contributed by atoms with Crippen LogP contribution in [0.3, 0.4) is 0 Å². The van der Waals surface area contributed by atoms with Crippen LogP contribution < -0.4 is 5.32 Å². The van der Waals surface area contributed by atoms with Gasteiger partial charge in [-0.1, -0.05) is 11.8 Å². The van der Waals surface area contributed by atoms with E-state index in [4.69, 9.17) is 0 Å². The lowest BCUT2D eigenvalue weighted by molar-refractivity contribution is -0.126. The quantitative estimate of drug-likeness (QED) is 0.854. The van der Waals surface area contributed by atoms with E-state index in [1.54, 1.807) is 6.92 Å². The molecule has 2 aliphatic rings. The third kappa shape index (κ3) is 2.79. The minimum Gasteiger partial charge on any atom is -0.336 e. The molecular weight excluding hydrogens is 312 g/mol. The lowest BCUT2D eigenvalue weighted by atomic mass is 10.0. The summed E-state index contributed by atoms with van der Waals surface area (Å²) in [7, 11) is 0. The van der Waals surface area contributed by atoms with Crippen LogP contribution in [0.5, 0.6) is 0 Å². The van der Waals surface area contributed by atoms with Crippen LogP contribution in [-0.2, 0) is 17.6 Å². The van der Waals surface area contributed by atoms with Crippen molar-refractivity contribution < 1.29 is 9.59 Å². The minimum atomic E-state index is -0.461. The summed E-state index contributed by atoms with van der Waals surface area (Å²) in [5, 5.41) is 12.2. The summed E-state index contributed by atoms with van der Waals surface area (Å²) in [5.74, 6) is -0.242. The highest BCUT2D eigenvalue weighted by Gasteiger charge is 2.31. The molecule has 1 fully saturated rings. The molecule has 1 aliphatic heterocycles. The van der Waals surface area contributed by atoms with Gasteiger partial charge >= 0.3 is 6.03 Å². The number of carbonyl (C=O) groups is 2. The summed E-state index contributed by atoms with van der Waals surface area (Å²) in [6, 6.07) is 1.88. The van der Waals surface area contributed by atoms with E-state index >= 15 is 0 Å². The molecule has 0 unspecified atom stereocenters. The normalized spacial score (nSPS) is 17.6. The minimum absolute atomic E-state index is 0.242. The van der Waals surface area contributed by atoms with Gasteiger partial charge in [0.25, 0.3) is 0 Å². The number of fused-ring (bicyclic) bond motifs is 1. The number of urea groups is 1. The molecule has 0 radical (unpaired) electrons.